The average Bonchev–Trinajstić information content (AvgIpc) is 3.31. The van der Waals surface area contributed by atoms with Crippen molar-refractivity contribution >= 4 is 5.91 Å². The maximum Gasteiger partial charge on any atom is 0.417 e. The molecular formula is C25H26F6N2O2. The zero-order chi connectivity index (χ0) is 25.4. The van der Waals surface area contributed by atoms with E-state index in [9.17, 15) is 31.1 Å². The van der Waals surface area contributed by atoms with Crippen LogP contribution in [-0.2, 0) is 12.4 Å². The molecule has 1 aliphatic carbocycles. The van der Waals surface area contributed by atoms with Crippen molar-refractivity contribution in [1.82, 2.24) is 10.2 Å². The minimum Gasteiger partial charge on any atom is -0.496 e. The summed E-state index contributed by atoms with van der Waals surface area (Å²) in [7, 11) is 0.943. The highest BCUT2D eigenvalue weighted by Crippen LogP contribution is 2.49. The van der Waals surface area contributed by atoms with Gasteiger partial charge in [0.2, 0.25) is 0 Å². The molecule has 35 heavy (non-hydrogen) atoms. The molecule has 2 aliphatic rings. The summed E-state index contributed by atoms with van der Waals surface area (Å²) < 4.78 is 86.4. The number of hydrogen-bond acceptors (Lipinski definition) is 3. The largest absolute Gasteiger partial charge is 0.496 e. The molecule has 1 atom stereocenters. The van der Waals surface area contributed by atoms with Crippen LogP contribution in [-0.4, -0.2) is 36.5 Å². The Kier molecular flexibility index (Phi) is 6.78. The lowest BCUT2D eigenvalue weighted by Gasteiger charge is -2.54. The molecule has 4 rings (SSSR count). The first-order valence-corrected chi connectivity index (χ1v) is 11.4. The molecule has 2 aromatic rings. The van der Waals surface area contributed by atoms with Crippen LogP contribution >= 0.6 is 0 Å². The third kappa shape index (κ3) is 4.85. The molecule has 0 radical (unpaired) electrons. The summed E-state index contributed by atoms with van der Waals surface area (Å²) >= 11 is 0. The number of benzene rings is 2. The summed E-state index contributed by atoms with van der Waals surface area (Å²) in [6.07, 6.45) is -5.85. The maximum atomic E-state index is 13.9. The fourth-order valence-corrected chi connectivity index (χ4v) is 5.26. The molecule has 10 heteroatoms. The number of carbonyl (C=O) groups excluding carboxylic acids is 1. The SMILES string of the molecule is COc1cc(C(F)(F)F)cc(C(F)(F)F)c1C(=O)NC(c1ccccc1)C1(N2CCCC2)CCC1. The van der Waals surface area contributed by atoms with Crippen molar-refractivity contribution in [3.8, 4) is 5.75 Å². The van der Waals surface area contributed by atoms with E-state index in [2.05, 4.69) is 10.2 Å². The highest BCUT2D eigenvalue weighted by Gasteiger charge is 2.51. The van der Waals surface area contributed by atoms with Crippen molar-refractivity contribution in [1.29, 1.82) is 0 Å². The fourth-order valence-electron chi connectivity index (χ4n) is 5.26. The predicted molar refractivity (Wildman–Crippen MR) is 117 cm³/mol. The first-order chi connectivity index (χ1) is 16.5. The molecule has 2 aromatic carbocycles. The lowest BCUT2D eigenvalue weighted by Crippen LogP contribution is -2.60. The predicted octanol–water partition coefficient (Wildman–Crippen LogP) is 6.22. The van der Waals surface area contributed by atoms with Crippen LogP contribution in [0.2, 0.25) is 0 Å². The Morgan fingerprint density at radius 2 is 1.60 bits per heavy atom. The number of nitrogens with zero attached hydrogens (tertiary/aromatic N) is 1. The molecule has 1 unspecified atom stereocenters. The minimum absolute atomic E-state index is 0.0332. The van der Waals surface area contributed by atoms with E-state index in [1.54, 1.807) is 30.3 Å². The van der Waals surface area contributed by atoms with Crippen LogP contribution in [0.1, 0.15) is 65.2 Å². The highest BCUT2D eigenvalue weighted by atomic mass is 19.4. The number of likely N-dealkylation sites (tertiary alicyclic amines) is 1. The van der Waals surface area contributed by atoms with Crippen molar-refractivity contribution in [2.75, 3.05) is 20.2 Å². The first-order valence-electron chi connectivity index (χ1n) is 11.4. The Hall–Kier alpha value is -2.75. The summed E-state index contributed by atoms with van der Waals surface area (Å²) in [5.41, 5.74) is -3.91. The second kappa shape index (κ2) is 9.37. The van der Waals surface area contributed by atoms with Crippen molar-refractivity contribution in [3.63, 3.8) is 0 Å². The summed E-state index contributed by atoms with van der Waals surface area (Å²) in [4.78, 5) is 15.7. The molecular weight excluding hydrogens is 474 g/mol. The Bertz CT molecular complexity index is 1060. The number of halogens is 6. The van der Waals surface area contributed by atoms with Gasteiger partial charge in [-0.2, -0.15) is 26.3 Å². The van der Waals surface area contributed by atoms with E-state index in [1.807, 2.05) is 0 Å². The molecule has 1 amide bonds. The van der Waals surface area contributed by atoms with Gasteiger partial charge < -0.3 is 10.1 Å². The van der Waals surface area contributed by atoms with Gasteiger partial charge in [-0.3, -0.25) is 9.69 Å². The molecule has 190 valence electrons. The lowest BCUT2D eigenvalue weighted by molar-refractivity contribution is -0.143. The molecule has 0 bridgehead atoms. The van der Waals surface area contributed by atoms with Gasteiger partial charge in [-0.15, -0.1) is 0 Å². The van der Waals surface area contributed by atoms with Gasteiger partial charge in [-0.25, -0.2) is 0 Å². The first kappa shape index (κ1) is 25.3. The van der Waals surface area contributed by atoms with E-state index in [0.717, 1.165) is 57.9 Å². The number of alkyl halides is 6. The summed E-state index contributed by atoms with van der Waals surface area (Å²) in [6.45, 7) is 1.63. The van der Waals surface area contributed by atoms with Crippen molar-refractivity contribution in [2.24, 2.45) is 0 Å². The maximum absolute atomic E-state index is 13.9. The van der Waals surface area contributed by atoms with Gasteiger partial charge in [0.15, 0.2) is 0 Å². The fraction of sp³-hybridized carbons (Fsp3) is 0.480. The molecule has 0 spiro atoms. The van der Waals surface area contributed by atoms with Gasteiger partial charge in [-0.1, -0.05) is 30.3 Å². The number of methoxy groups -OCH3 is 1. The average molecular weight is 500 g/mol. The van der Waals surface area contributed by atoms with Crippen LogP contribution in [0.25, 0.3) is 0 Å². The summed E-state index contributed by atoms with van der Waals surface area (Å²) in [5.74, 6) is -1.90. The Balaban J connectivity index is 1.80. The molecule has 2 fully saturated rings. The normalized spacial score (nSPS) is 19.2. The summed E-state index contributed by atoms with van der Waals surface area (Å²) in [6, 6.07) is 8.72. The van der Waals surface area contributed by atoms with E-state index >= 15 is 0 Å². The second-order valence-corrected chi connectivity index (χ2v) is 9.07. The van der Waals surface area contributed by atoms with Gasteiger partial charge in [0.1, 0.15) is 5.75 Å². The number of nitrogens with one attached hydrogen (secondary N) is 1. The van der Waals surface area contributed by atoms with Crippen LogP contribution in [0.5, 0.6) is 5.75 Å². The number of amides is 1. The Morgan fingerprint density at radius 1 is 0.971 bits per heavy atom. The minimum atomic E-state index is -5.20. The molecule has 0 aromatic heterocycles. The molecule has 4 nitrogen and oxygen atoms in total. The van der Waals surface area contributed by atoms with Crippen LogP contribution in [0.15, 0.2) is 42.5 Å². The van der Waals surface area contributed by atoms with Gasteiger partial charge in [0, 0.05) is 5.54 Å². The van der Waals surface area contributed by atoms with Crippen molar-refractivity contribution in [2.45, 2.75) is 56.0 Å². The number of rotatable bonds is 6. The molecule has 1 saturated carbocycles. The van der Waals surface area contributed by atoms with Crippen molar-refractivity contribution in [3.05, 3.63) is 64.7 Å². The van der Waals surface area contributed by atoms with Crippen molar-refractivity contribution < 1.29 is 35.9 Å². The monoisotopic (exact) mass is 500 g/mol. The smallest absolute Gasteiger partial charge is 0.417 e. The van der Waals surface area contributed by atoms with Gasteiger partial charge in [0.05, 0.1) is 29.8 Å². The van der Waals surface area contributed by atoms with E-state index in [1.165, 1.54) is 0 Å². The number of hydrogen-bond donors (Lipinski definition) is 1. The van der Waals surface area contributed by atoms with Crippen LogP contribution in [0.3, 0.4) is 0 Å². The van der Waals surface area contributed by atoms with E-state index in [0.29, 0.717) is 6.07 Å². The third-order valence-corrected chi connectivity index (χ3v) is 7.08. The zero-order valence-electron chi connectivity index (χ0n) is 19.1. The molecule has 1 saturated heterocycles. The highest BCUT2D eigenvalue weighted by molar-refractivity contribution is 5.99. The Morgan fingerprint density at radius 3 is 2.09 bits per heavy atom. The lowest BCUT2D eigenvalue weighted by atomic mass is 9.68. The second-order valence-electron chi connectivity index (χ2n) is 9.07. The van der Waals surface area contributed by atoms with Gasteiger partial charge >= 0.3 is 12.4 Å². The van der Waals surface area contributed by atoms with Crippen LogP contribution in [0.4, 0.5) is 26.3 Å². The molecule has 1 N–H and O–H groups in total. The van der Waals surface area contributed by atoms with E-state index in [4.69, 9.17) is 4.74 Å². The number of carbonyl (C=O) groups is 1. The van der Waals surface area contributed by atoms with Gasteiger partial charge in [0.25, 0.3) is 5.91 Å². The standard InChI is InChI=1S/C25H26F6N2O2/c1-35-19-15-17(24(26,27)28)14-18(25(29,30)31)20(19)22(34)32-21(16-8-3-2-4-9-16)23(10-7-11-23)33-12-5-6-13-33/h2-4,8-9,14-15,21H,5-7,10-13H2,1H3,(H,32,34). The quantitative estimate of drug-likeness (QED) is 0.479. The third-order valence-electron chi connectivity index (χ3n) is 7.08. The molecule has 1 heterocycles. The van der Waals surface area contributed by atoms with E-state index < -0.39 is 52.3 Å². The van der Waals surface area contributed by atoms with Gasteiger partial charge in [-0.05, 0) is 62.9 Å². The topological polar surface area (TPSA) is 41.6 Å². The molecule has 1 aliphatic heterocycles. The van der Waals surface area contributed by atoms with Crippen LogP contribution in [0, 0.1) is 0 Å². The van der Waals surface area contributed by atoms with Crippen LogP contribution < -0.4 is 10.1 Å². The summed E-state index contributed by atoms with van der Waals surface area (Å²) in [5, 5.41) is 2.77. The Labute approximate surface area is 199 Å². The zero-order valence-corrected chi connectivity index (χ0v) is 19.1. The van der Waals surface area contributed by atoms with E-state index in [-0.39, 0.29) is 6.07 Å². The number of ether oxygens (including phenoxy) is 1.